The summed E-state index contributed by atoms with van der Waals surface area (Å²) in [6, 6.07) is 3.93. The lowest BCUT2D eigenvalue weighted by molar-refractivity contribution is -0.110. The van der Waals surface area contributed by atoms with Gasteiger partial charge in [0.2, 0.25) is 0 Å². The molecular formula is C13H10N2OS. The second kappa shape index (κ2) is 3.82. The fourth-order valence-electron chi connectivity index (χ4n) is 1.86. The Morgan fingerprint density at radius 1 is 1.47 bits per heavy atom. The van der Waals surface area contributed by atoms with Crippen LogP contribution in [0.3, 0.4) is 0 Å². The number of aryl methyl sites for hydroxylation is 1. The van der Waals surface area contributed by atoms with Gasteiger partial charge in [-0.1, -0.05) is 0 Å². The molecule has 1 aliphatic rings. The van der Waals surface area contributed by atoms with Gasteiger partial charge in [-0.3, -0.25) is 9.78 Å². The molecule has 1 N–H and O–H groups in total. The van der Waals surface area contributed by atoms with Crippen LogP contribution in [-0.4, -0.2) is 10.9 Å². The quantitative estimate of drug-likeness (QED) is 0.781. The van der Waals surface area contributed by atoms with Gasteiger partial charge in [-0.15, -0.1) is 11.3 Å². The third-order valence-electron chi connectivity index (χ3n) is 2.64. The van der Waals surface area contributed by atoms with Crippen LogP contribution < -0.4 is 5.32 Å². The van der Waals surface area contributed by atoms with E-state index in [-0.39, 0.29) is 5.91 Å². The Hall–Kier alpha value is -1.94. The predicted octanol–water partition coefficient (Wildman–Crippen LogP) is 2.94. The molecule has 0 spiro atoms. The van der Waals surface area contributed by atoms with Crippen LogP contribution in [-0.2, 0) is 4.79 Å². The van der Waals surface area contributed by atoms with Gasteiger partial charge in [-0.2, -0.15) is 0 Å². The molecule has 0 fully saturated rings. The molecule has 0 atom stereocenters. The molecule has 2 aromatic heterocycles. The molecule has 17 heavy (non-hydrogen) atoms. The van der Waals surface area contributed by atoms with E-state index in [1.807, 2.05) is 19.1 Å². The maximum absolute atomic E-state index is 11.8. The van der Waals surface area contributed by atoms with Gasteiger partial charge in [-0.05, 0) is 36.1 Å². The molecule has 3 heterocycles. The normalized spacial score (nSPS) is 16.1. The molecular weight excluding hydrogens is 232 g/mol. The van der Waals surface area contributed by atoms with Crippen LogP contribution in [0, 0.1) is 6.92 Å². The maximum Gasteiger partial charge on any atom is 0.256 e. The number of hydrogen-bond donors (Lipinski definition) is 1. The molecule has 4 heteroatoms. The molecule has 1 amide bonds. The lowest BCUT2D eigenvalue weighted by Crippen LogP contribution is -2.03. The molecule has 3 rings (SSSR count). The first-order chi connectivity index (χ1) is 8.24. The lowest BCUT2D eigenvalue weighted by Gasteiger charge is -1.95. The Morgan fingerprint density at radius 2 is 2.35 bits per heavy atom. The molecule has 0 unspecified atom stereocenters. The van der Waals surface area contributed by atoms with E-state index in [0.29, 0.717) is 5.57 Å². The van der Waals surface area contributed by atoms with Crippen molar-refractivity contribution in [1.82, 2.24) is 4.98 Å². The van der Waals surface area contributed by atoms with Gasteiger partial charge in [-0.25, -0.2) is 0 Å². The number of nitrogens with one attached hydrogen (secondary N) is 1. The van der Waals surface area contributed by atoms with E-state index in [1.165, 1.54) is 5.56 Å². The highest BCUT2D eigenvalue weighted by Crippen LogP contribution is 2.32. The Labute approximate surface area is 103 Å². The number of amides is 1. The monoisotopic (exact) mass is 242 g/mol. The average molecular weight is 242 g/mol. The maximum atomic E-state index is 11.8. The predicted molar refractivity (Wildman–Crippen MR) is 69.8 cm³/mol. The summed E-state index contributed by atoms with van der Waals surface area (Å²) in [6.45, 7) is 2.05. The standard InChI is InChI=1S/C13H10N2OS/c1-8-4-9(17-7-8)5-11-10-2-3-14-6-12(10)15-13(11)16/h2-7H,1H3,(H,15,16). The highest BCUT2D eigenvalue weighted by molar-refractivity contribution is 7.11. The second-order valence-electron chi connectivity index (χ2n) is 3.96. The van der Waals surface area contributed by atoms with Gasteiger partial charge < -0.3 is 5.32 Å². The molecule has 2 aromatic rings. The Kier molecular flexibility index (Phi) is 2.30. The van der Waals surface area contributed by atoms with E-state index < -0.39 is 0 Å². The summed E-state index contributed by atoms with van der Waals surface area (Å²) < 4.78 is 0. The summed E-state index contributed by atoms with van der Waals surface area (Å²) >= 11 is 1.64. The van der Waals surface area contributed by atoms with Crippen molar-refractivity contribution in [2.45, 2.75) is 6.92 Å². The molecule has 0 saturated heterocycles. The van der Waals surface area contributed by atoms with Gasteiger partial charge in [0.1, 0.15) is 0 Å². The van der Waals surface area contributed by atoms with Crippen LogP contribution in [0.1, 0.15) is 16.0 Å². The minimum atomic E-state index is -0.0564. The smallest absolute Gasteiger partial charge is 0.256 e. The number of carbonyl (C=O) groups excluding carboxylic acids is 1. The van der Waals surface area contributed by atoms with Crippen molar-refractivity contribution in [2.24, 2.45) is 0 Å². The van der Waals surface area contributed by atoms with Gasteiger partial charge in [0.05, 0.1) is 17.5 Å². The molecule has 0 saturated carbocycles. The summed E-state index contributed by atoms with van der Waals surface area (Å²) in [5, 5.41) is 4.89. The topological polar surface area (TPSA) is 42.0 Å². The van der Waals surface area contributed by atoms with Gasteiger partial charge >= 0.3 is 0 Å². The van der Waals surface area contributed by atoms with Crippen molar-refractivity contribution in [3.8, 4) is 0 Å². The first-order valence-corrected chi connectivity index (χ1v) is 6.14. The van der Waals surface area contributed by atoms with Crippen LogP contribution in [0.15, 0.2) is 29.9 Å². The number of nitrogens with zero attached hydrogens (tertiary/aromatic N) is 1. The minimum absolute atomic E-state index is 0.0564. The lowest BCUT2D eigenvalue weighted by atomic mass is 10.1. The van der Waals surface area contributed by atoms with Crippen molar-refractivity contribution in [2.75, 3.05) is 5.32 Å². The number of rotatable bonds is 1. The summed E-state index contributed by atoms with van der Waals surface area (Å²) in [4.78, 5) is 16.9. The van der Waals surface area contributed by atoms with Crippen molar-refractivity contribution in [3.63, 3.8) is 0 Å². The van der Waals surface area contributed by atoms with Crippen LogP contribution >= 0.6 is 11.3 Å². The van der Waals surface area contributed by atoms with E-state index in [9.17, 15) is 4.79 Å². The van der Waals surface area contributed by atoms with E-state index in [2.05, 4.69) is 21.7 Å². The third-order valence-corrected chi connectivity index (χ3v) is 3.64. The van der Waals surface area contributed by atoms with Crippen LogP contribution in [0.25, 0.3) is 11.6 Å². The van der Waals surface area contributed by atoms with Crippen LogP contribution in [0.5, 0.6) is 0 Å². The molecule has 84 valence electrons. The summed E-state index contributed by atoms with van der Waals surface area (Å²) in [5.74, 6) is -0.0564. The number of fused-ring (bicyclic) bond motifs is 1. The van der Waals surface area contributed by atoms with Gasteiger partial charge in [0, 0.05) is 16.6 Å². The minimum Gasteiger partial charge on any atom is -0.320 e. The zero-order valence-corrected chi connectivity index (χ0v) is 10.0. The first kappa shape index (κ1) is 10.2. The summed E-state index contributed by atoms with van der Waals surface area (Å²) in [6.07, 6.45) is 5.30. The van der Waals surface area contributed by atoms with E-state index in [4.69, 9.17) is 0 Å². The zero-order chi connectivity index (χ0) is 11.8. The SMILES string of the molecule is Cc1csc(C=C2C(=O)Nc3cnccc32)c1. The third kappa shape index (κ3) is 1.76. The molecule has 0 bridgehead atoms. The largest absolute Gasteiger partial charge is 0.320 e. The average Bonchev–Trinajstić information content (AvgIpc) is 2.85. The fourth-order valence-corrected chi connectivity index (χ4v) is 2.69. The number of anilines is 1. The fraction of sp³-hybridized carbons (Fsp3) is 0.0769. The number of thiophene rings is 1. The summed E-state index contributed by atoms with van der Waals surface area (Å²) in [5.41, 5.74) is 3.65. The first-order valence-electron chi connectivity index (χ1n) is 5.26. The molecule has 0 aromatic carbocycles. The number of carbonyl (C=O) groups is 1. The van der Waals surface area contributed by atoms with Crippen molar-refractivity contribution >= 4 is 34.6 Å². The van der Waals surface area contributed by atoms with Crippen LogP contribution in [0.4, 0.5) is 5.69 Å². The van der Waals surface area contributed by atoms with Crippen molar-refractivity contribution < 1.29 is 4.79 Å². The summed E-state index contributed by atoms with van der Waals surface area (Å²) in [7, 11) is 0. The number of pyridine rings is 1. The Balaban J connectivity index is 2.09. The molecule has 1 aliphatic heterocycles. The zero-order valence-electron chi connectivity index (χ0n) is 9.23. The number of aromatic nitrogens is 1. The van der Waals surface area contributed by atoms with Crippen molar-refractivity contribution in [1.29, 1.82) is 0 Å². The van der Waals surface area contributed by atoms with Gasteiger partial charge in [0.25, 0.3) is 5.91 Å². The van der Waals surface area contributed by atoms with Crippen LogP contribution in [0.2, 0.25) is 0 Å². The van der Waals surface area contributed by atoms with E-state index in [1.54, 1.807) is 23.7 Å². The highest BCUT2D eigenvalue weighted by atomic mass is 32.1. The van der Waals surface area contributed by atoms with E-state index in [0.717, 1.165) is 16.1 Å². The molecule has 3 nitrogen and oxygen atoms in total. The highest BCUT2D eigenvalue weighted by Gasteiger charge is 2.23. The molecule has 0 aliphatic carbocycles. The number of hydrogen-bond acceptors (Lipinski definition) is 3. The second-order valence-corrected chi connectivity index (χ2v) is 4.90. The Bertz CT molecular complexity index is 628. The Morgan fingerprint density at radius 3 is 3.12 bits per heavy atom. The van der Waals surface area contributed by atoms with Crippen molar-refractivity contribution in [3.05, 3.63) is 45.9 Å². The van der Waals surface area contributed by atoms with E-state index >= 15 is 0 Å². The molecule has 0 radical (unpaired) electrons. The van der Waals surface area contributed by atoms with Gasteiger partial charge in [0.15, 0.2) is 0 Å².